The fourth-order valence-electron chi connectivity index (χ4n) is 6.67. The first-order chi connectivity index (χ1) is 27.1. The maximum atomic E-state index is 13.5. The number of nitrogens with zero attached hydrogens (tertiary/aromatic N) is 1. The van der Waals surface area contributed by atoms with Crippen molar-refractivity contribution in [2.75, 3.05) is 16.9 Å². The van der Waals surface area contributed by atoms with Gasteiger partial charge < -0.3 is 33.9 Å². The molecule has 6 aromatic rings. The Bertz CT molecular complexity index is 2280. The lowest BCUT2D eigenvalue weighted by atomic mass is 10.0. The second-order valence-corrected chi connectivity index (χ2v) is 14.6. The van der Waals surface area contributed by atoms with Crippen molar-refractivity contribution in [2.45, 2.75) is 58.6 Å². The number of rotatable bonds is 11. The van der Waals surface area contributed by atoms with E-state index >= 15 is 0 Å². The Hall–Kier alpha value is -6.48. The maximum absolute atomic E-state index is 13.5. The zero-order chi connectivity index (χ0) is 39.1. The van der Waals surface area contributed by atoms with Crippen molar-refractivity contribution in [3.05, 3.63) is 162 Å². The van der Waals surface area contributed by atoms with Crippen LogP contribution < -0.4 is 33.9 Å². The zero-order valence-corrected chi connectivity index (χ0v) is 32.0. The summed E-state index contributed by atoms with van der Waals surface area (Å²) in [7, 11) is 0. The average molecular weight is 753 g/mol. The van der Waals surface area contributed by atoms with Gasteiger partial charge in [-0.1, -0.05) is 91.0 Å². The van der Waals surface area contributed by atoms with Crippen molar-refractivity contribution >= 4 is 17.3 Å². The number of para-hydroxylation sites is 8. The molecule has 286 valence electrons. The first-order valence-corrected chi connectivity index (χ1v) is 18.6. The molecule has 9 heteroatoms. The van der Waals surface area contributed by atoms with Gasteiger partial charge in [-0.3, -0.25) is 4.79 Å². The Morgan fingerprint density at radius 3 is 1.98 bits per heavy atom. The van der Waals surface area contributed by atoms with Crippen molar-refractivity contribution < 1.29 is 32.9 Å². The van der Waals surface area contributed by atoms with Crippen LogP contribution in [0.4, 0.5) is 15.8 Å². The average Bonchev–Trinajstić information content (AvgIpc) is 3.71. The number of hydrogen-bond acceptors (Lipinski definition) is 7. The van der Waals surface area contributed by atoms with Gasteiger partial charge in [0, 0.05) is 37.9 Å². The van der Waals surface area contributed by atoms with E-state index in [2.05, 4.69) is 37.4 Å². The third-order valence-electron chi connectivity index (χ3n) is 9.13. The molecular weight excluding hydrogens is 708 g/mol. The summed E-state index contributed by atoms with van der Waals surface area (Å²) in [6.45, 7) is 7.56. The molecule has 0 radical (unpaired) electrons. The van der Waals surface area contributed by atoms with Crippen LogP contribution in [0.2, 0.25) is 0 Å². The van der Waals surface area contributed by atoms with Crippen molar-refractivity contribution in [3.8, 4) is 40.2 Å². The lowest BCUT2D eigenvalue weighted by molar-refractivity contribution is -0.119. The van der Waals surface area contributed by atoms with Crippen LogP contribution >= 0.6 is 0 Å². The SMILES string of the molecule is CC1(C)Cc2cccc(CNc3ccccc3Oc3ccccc3)c2O1.CC1(C)Oc2cccc(CN(C(=O)CF)c3ccccc3Oc3ccccc3)c2O1. The topological polar surface area (TPSA) is 78.5 Å². The molecule has 8 rings (SSSR count). The summed E-state index contributed by atoms with van der Waals surface area (Å²) in [4.78, 5) is 13.9. The number of benzene rings is 6. The van der Waals surface area contributed by atoms with E-state index in [4.69, 9.17) is 23.7 Å². The molecule has 2 heterocycles. The molecule has 0 aliphatic carbocycles. The highest BCUT2D eigenvalue weighted by Gasteiger charge is 2.34. The van der Waals surface area contributed by atoms with Crippen molar-refractivity contribution in [1.82, 2.24) is 0 Å². The van der Waals surface area contributed by atoms with Gasteiger partial charge in [-0.05, 0) is 74.0 Å². The highest BCUT2D eigenvalue weighted by Crippen LogP contribution is 2.43. The predicted molar refractivity (Wildman–Crippen MR) is 217 cm³/mol. The number of hydrogen-bond donors (Lipinski definition) is 1. The first-order valence-electron chi connectivity index (χ1n) is 18.6. The molecule has 0 aromatic heterocycles. The zero-order valence-electron chi connectivity index (χ0n) is 32.0. The van der Waals surface area contributed by atoms with Crippen LogP contribution in [0.15, 0.2) is 146 Å². The number of carbonyl (C=O) groups is 1. The fraction of sp³-hybridized carbons (Fsp3) is 0.213. The highest BCUT2D eigenvalue weighted by atomic mass is 19.1. The second kappa shape index (κ2) is 16.5. The maximum Gasteiger partial charge on any atom is 0.258 e. The van der Waals surface area contributed by atoms with E-state index in [0.29, 0.717) is 35.2 Å². The molecule has 0 saturated heterocycles. The molecule has 0 spiro atoms. The molecule has 8 nitrogen and oxygen atoms in total. The summed E-state index contributed by atoms with van der Waals surface area (Å²) >= 11 is 0. The molecule has 1 amide bonds. The van der Waals surface area contributed by atoms with E-state index in [1.807, 2.05) is 111 Å². The largest absolute Gasteiger partial charge is 0.487 e. The van der Waals surface area contributed by atoms with E-state index in [1.165, 1.54) is 16.0 Å². The monoisotopic (exact) mass is 752 g/mol. The highest BCUT2D eigenvalue weighted by molar-refractivity contribution is 5.95. The van der Waals surface area contributed by atoms with Gasteiger partial charge in [0.05, 0.1) is 17.9 Å². The minimum Gasteiger partial charge on any atom is -0.487 e. The summed E-state index contributed by atoms with van der Waals surface area (Å²) in [5.74, 6) is 3.41. The predicted octanol–water partition coefficient (Wildman–Crippen LogP) is 11.3. The summed E-state index contributed by atoms with van der Waals surface area (Å²) < 4.78 is 43.4. The van der Waals surface area contributed by atoms with Gasteiger partial charge in [0.15, 0.2) is 29.7 Å². The lowest BCUT2D eigenvalue weighted by Crippen LogP contribution is -2.32. The van der Waals surface area contributed by atoms with Gasteiger partial charge in [-0.25, -0.2) is 4.39 Å². The molecule has 0 saturated carbocycles. The van der Waals surface area contributed by atoms with Crippen molar-refractivity contribution in [2.24, 2.45) is 0 Å². The molecule has 6 aromatic carbocycles. The summed E-state index contributed by atoms with van der Waals surface area (Å²) in [6.07, 6.45) is 0.948. The van der Waals surface area contributed by atoms with E-state index in [1.54, 1.807) is 30.3 Å². The molecule has 2 aliphatic heterocycles. The second-order valence-electron chi connectivity index (χ2n) is 14.6. The van der Waals surface area contributed by atoms with Crippen LogP contribution in [0.3, 0.4) is 0 Å². The molecule has 0 unspecified atom stereocenters. The van der Waals surface area contributed by atoms with Gasteiger partial charge in [-0.2, -0.15) is 0 Å². The molecule has 0 bridgehead atoms. The summed E-state index contributed by atoms with van der Waals surface area (Å²) in [6, 6.07) is 46.0. The minimum atomic E-state index is -1.13. The number of nitrogens with one attached hydrogen (secondary N) is 1. The van der Waals surface area contributed by atoms with Crippen LogP contribution in [0.1, 0.15) is 44.4 Å². The van der Waals surface area contributed by atoms with Gasteiger partial charge in [-0.15, -0.1) is 0 Å². The Kier molecular flexibility index (Phi) is 11.1. The third kappa shape index (κ3) is 9.06. The number of alkyl halides is 1. The van der Waals surface area contributed by atoms with Crippen LogP contribution in [0, 0.1) is 0 Å². The van der Waals surface area contributed by atoms with Crippen LogP contribution in [0.25, 0.3) is 0 Å². The number of anilines is 2. The van der Waals surface area contributed by atoms with E-state index in [-0.39, 0.29) is 12.1 Å². The number of fused-ring (bicyclic) bond motifs is 2. The standard InChI is InChI=1S/C24H22FNO4.C23H23NO2/c1-24(2)29-21-14-8-9-17(23(21)30-24)16-26(22(27)15-25)19-12-6-7-13-20(19)28-18-10-4-3-5-11-18;1-23(2)15-17-9-8-10-18(22(17)26-23)16-24-20-13-6-7-14-21(20)25-19-11-4-3-5-12-19/h3-14H,15-16H2,1-2H3;3-14,24H,15-16H2,1-2H3. The quantitative estimate of drug-likeness (QED) is 0.141. The molecular formula is C47H45FN2O6. The summed E-state index contributed by atoms with van der Waals surface area (Å²) in [5.41, 5.74) is 4.47. The van der Waals surface area contributed by atoms with E-state index in [0.717, 1.165) is 34.9 Å². The Morgan fingerprint density at radius 1 is 0.661 bits per heavy atom. The Balaban J connectivity index is 0.000000173. The molecule has 1 N–H and O–H groups in total. The lowest BCUT2D eigenvalue weighted by Gasteiger charge is -2.25. The smallest absolute Gasteiger partial charge is 0.258 e. The Labute approximate surface area is 327 Å². The van der Waals surface area contributed by atoms with Crippen molar-refractivity contribution in [1.29, 1.82) is 0 Å². The minimum absolute atomic E-state index is 0.112. The van der Waals surface area contributed by atoms with Gasteiger partial charge in [0.1, 0.15) is 22.8 Å². The molecule has 0 atom stereocenters. The fourth-order valence-corrected chi connectivity index (χ4v) is 6.67. The molecule has 56 heavy (non-hydrogen) atoms. The third-order valence-corrected chi connectivity index (χ3v) is 9.13. The van der Waals surface area contributed by atoms with E-state index in [9.17, 15) is 9.18 Å². The van der Waals surface area contributed by atoms with Gasteiger partial charge >= 0.3 is 0 Å². The summed E-state index contributed by atoms with van der Waals surface area (Å²) in [5, 5.41) is 3.50. The number of halogens is 1. The Morgan fingerprint density at radius 2 is 1.27 bits per heavy atom. The van der Waals surface area contributed by atoms with E-state index < -0.39 is 18.4 Å². The number of ether oxygens (including phenoxy) is 5. The van der Waals surface area contributed by atoms with Gasteiger partial charge in [0.2, 0.25) is 5.79 Å². The van der Waals surface area contributed by atoms with Crippen LogP contribution in [-0.2, 0) is 24.3 Å². The number of carbonyl (C=O) groups excluding carboxylic acids is 1. The molecule has 2 aliphatic rings. The molecule has 0 fully saturated rings. The number of amides is 1. The van der Waals surface area contributed by atoms with Crippen LogP contribution in [0.5, 0.6) is 40.2 Å². The van der Waals surface area contributed by atoms with Crippen molar-refractivity contribution in [3.63, 3.8) is 0 Å². The van der Waals surface area contributed by atoms with Crippen LogP contribution in [-0.4, -0.2) is 24.0 Å². The normalized spacial score (nSPS) is 14.0. The first kappa shape index (κ1) is 37.8. The van der Waals surface area contributed by atoms with Gasteiger partial charge in [0.25, 0.3) is 5.91 Å².